The van der Waals surface area contributed by atoms with E-state index in [1.54, 1.807) is 0 Å². The SMILES string of the molecule is O=C(NCCCc1ccccc1Cl)C1CCCN1S(=O)(=O)c1ccc(Cl)cc1. The molecule has 1 heterocycles. The quantitative estimate of drug-likeness (QED) is 0.663. The lowest BCUT2D eigenvalue weighted by Gasteiger charge is -2.23. The standard InChI is InChI=1S/C20H22Cl2N2O3S/c21-16-9-11-17(12-10-16)28(26,27)24-14-4-8-19(24)20(25)23-13-3-6-15-5-1-2-7-18(15)22/h1-2,5,7,9-12,19H,3-4,6,8,13-14H2,(H,23,25). The molecule has 0 aromatic heterocycles. The molecule has 0 bridgehead atoms. The Morgan fingerprint density at radius 3 is 2.54 bits per heavy atom. The van der Waals surface area contributed by atoms with Crippen molar-refractivity contribution >= 4 is 39.1 Å². The van der Waals surface area contributed by atoms with E-state index in [2.05, 4.69) is 5.32 Å². The zero-order chi connectivity index (χ0) is 20.1. The predicted octanol–water partition coefficient (Wildman–Crippen LogP) is 3.90. The molecular weight excluding hydrogens is 419 g/mol. The average molecular weight is 441 g/mol. The van der Waals surface area contributed by atoms with Crippen molar-refractivity contribution in [3.8, 4) is 0 Å². The molecule has 1 aliphatic heterocycles. The van der Waals surface area contributed by atoms with Gasteiger partial charge >= 0.3 is 0 Å². The first-order valence-electron chi connectivity index (χ1n) is 9.18. The highest BCUT2D eigenvalue weighted by atomic mass is 35.5. The van der Waals surface area contributed by atoms with Gasteiger partial charge in [-0.3, -0.25) is 4.79 Å². The van der Waals surface area contributed by atoms with Crippen LogP contribution < -0.4 is 5.32 Å². The van der Waals surface area contributed by atoms with Gasteiger partial charge in [0.05, 0.1) is 4.90 Å². The number of nitrogens with zero attached hydrogens (tertiary/aromatic N) is 1. The van der Waals surface area contributed by atoms with Gasteiger partial charge in [0.1, 0.15) is 6.04 Å². The summed E-state index contributed by atoms with van der Waals surface area (Å²) in [5, 5.41) is 4.05. The second kappa shape index (κ2) is 9.27. The Labute approximate surface area is 175 Å². The maximum Gasteiger partial charge on any atom is 0.243 e. The van der Waals surface area contributed by atoms with Gasteiger partial charge in [-0.15, -0.1) is 0 Å². The zero-order valence-corrected chi connectivity index (χ0v) is 17.6. The van der Waals surface area contributed by atoms with Gasteiger partial charge in [-0.05, 0) is 61.6 Å². The molecule has 0 radical (unpaired) electrons. The number of sulfonamides is 1. The summed E-state index contributed by atoms with van der Waals surface area (Å²) in [5.41, 5.74) is 1.03. The summed E-state index contributed by atoms with van der Waals surface area (Å²) in [6, 6.07) is 12.9. The molecule has 0 spiro atoms. The molecule has 28 heavy (non-hydrogen) atoms. The van der Waals surface area contributed by atoms with Crippen LogP contribution in [0.25, 0.3) is 0 Å². The fourth-order valence-corrected chi connectivity index (χ4v) is 5.35. The van der Waals surface area contributed by atoms with Crippen molar-refractivity contribution in [3.05, 3.63) is 64.1 Å². The molecule has 1 aliphatic rings. The first kappa shape index (κ1) is 21.1. The number of carbonyl (C=O) groups is 1. The van der Waals surface area contributed by atoms with Crippen LogP contribution in [0.15, 0.2) is 53.4 Å². The van der Waals surface area contributed by atoms with Crippen molar-refractivity contribution in [2.24, 2.45) is 0 Å². The van der Waals surface area contributed by atoms with Gasteiger partial charge in [0, 0.05) is 23.1 Å². The topological polar surface area (TPSA) is 66.5 Å². The zero-order valence-electron chi connectivity index (χ0n) is 15.3. The van der Waals surface area contributed by atoms with Crippen molar-refractivity contribution in [1.82, 2.24) is 9.62 Å². The maximum absolute atomic E-state index is 12.9. The van der Waals surface area contributed by atoms with Gasteiger partial charge in [-0.2, -0.15) is 4.31 Å². The highest BCUT2D eigenvalue weighted by Gasteiger charge is 2.39. The van der Waals surface area contributed by atoms with E-state index < -0.39 is 16.1 Å². The normalized spacial score (nSPS) is 17.6. The third-order valence-corrected chi connectivity index (χ3v) is 7.35. The molecule has 1 amide bonds. The summed E-state index contributed by atoms with van der Waals surface area (Å²) in [7, 11) is -3.73. The van der Waals surface area contributed by atoms with E-state index in [9.17, 15) is 13.2 Å². The van der Waals surface area contributed by atoms with Gasteiger partial charge in [0.2, 0.25) is 15.9 Å². The molecule has 3 rings (SSSR count). The Balaban J connectivity index is 1.58. The van der Waals surface area contributed by atoms with Crippen LogP contribution in [0.5, 0.6) is 0 Å². The van der Waals surface area contributed by atoms with Crippen LogP contribution in [0.1, 0.15) is 24.8 Å². The molecule has 0 saturated carbocycles. The van der Waals surface area contributed by atoms with Gasteiger partial charge in [0.25, 0.3) is 0 Å². The molecule has 5 nitrogen and oxygen atoms in total. The van der Waals surface area contributed by atoms with Gasteiger partial charge in [-0.25, -0.2) is 8.42 Å². The Bertz CT molecular complexity index is 933. The third kappa shape index (κ3) is 4.87. The monoisotopic (exact) mass is 440 g/mol. The van der Waals surface area contributed by atoms with Crippen LogP contribution in [-0.2, 0) is 21.2 Å². The first-order valence-corrected chi connectivity index (χ1v) is 11.4. The van der Waals surface area contributed by atoms with E-state index in [1.165, 1.54) is 28.6 Å². The van der Waals surface area contributed by atoms with E-state index in [-0.39, 0.29) is 10.8 Å². The average Bonchev–Trinajstić information content (AvgIpc) is 3.17. The van der Waals surface area contributed by atoms with Crippen molar-refractivity contribution < 1.29 is 13.2 Å². The molecule has 2 aromatic rings. The molecule has 1 saturated heterocycles. The van der Waals surface area contributed by atoms with Crippen molar-refractivity contribution in [2.75, 3.05) is 13.1 Å². The lowest BCUT2D eigenvalue weighted by Crippen LogP contribution is -2.46. The van der Waals surface area contributed by atoms with Crippen LogP contribution in [0.4, 0.5) is 0 Å². The van der Waals surface area contributed by atoms with Gasteiger partial charge in [-0.1, -0.05) is 41.4 Å². The molecule has 1 N–H and O–H groups in total. The Kier molecular flexibility index (Phi) is 6.99. The second-order valence-electron chi connectivity index (χ2n) is 6.71. The Morgan fingerprint density at radius 2 is 1.82 bits per heavy atom. The number of benzene rings is 2. The molecule has 2 aromatic carbocycles. The molecular formula is C20H22Cl2N2O3S. The van der Waals surface area contributed by atoms with E-state index in [0.717, 1.165) is 18.4 Å². The number of rotatable bonds is 7. The minimum Gasteiger partial charge on any atom is -0.355 e. The maximum atomic E-state index is 12.9. The summed E-state index contributed by atoms with van der Waals surface area (Å²) >= 11 is 12.0. The number of amides is 1. The number of carbonyl (C=O) groups excluding carboxylic acids is 1. The lowest BCUT2D eigenvalue weighted by atomic mass is 10.1. The summed E-state index contributed by atoms with van der Waals surface area (Å²) in [6.45, 7) is 0.804. The molecule has 8 heteroatoms. The number of hydrogen-bond acceptors (Lipinski definition) is 3. The summed E-state index contributed by atoms with van der Waals surface area (Å²) in [4.78, 5) is 12.8. The molecule has 1 fully saturated rings. The number of nitrogens with one attached hydrogen (secondary N) is 1. The van der Waals surface area contributed by atoms with Crippen LogP contribution in [0.2, 0.25) is 10.0 Å². The van der Waals surface area contributed by atoms with Crippen LogP contribution >= 0.6 is 23.2 Å². The number of hydrogen-bond donors (Lipinski definition) is 1. The largest absolute Gasteiger partial charge is 0.355 e. The fourth-order valence-electron chi connectivity index (χ4n) is 3.34. The van der Waals surface area contributed by atoms with Crippen LogP contribution in [0.3, 0.4) is 0 Å². The van der Waals surface area contributed by atoms with Crippen molar-refractivity contribution in [3.63, 3.8) is 0 Å². The summed E-state index contributed by atoms with van der Waals surface area (Å²) < 4.78 is 27.1. The van der Waals surface area contributed by atoms with Crippen LogP contribution in [-0.4, -0.2) is 37.8 Å². The minimum atomic E-state index is -3.73. The smallest absolute Gasteiger partial charge is 0.243 e. The van der Waals surface area contributed by atoms with E-state index in [1.807, 2.05) is 24.3 Å². The predicted molar refractivity (Wildman–Crippen MR) is 111 cm³/mol. The fraction of sp³-hybridized carbons (Fsp3) is 0.350. The number of aryl methyl sites for hydroxylation is 1. The van der Waals surface area contributed by atoms with E-state index in [4.69, 9.17) is 23.2 Å². The lowest BCUT2D eigenvalue weighted by molar-refractivity contribution is -0.124. The van der Waals surface area contributed by atoms with Crippen molar-refractivity contribution in [2.45, 2.75) is 36.6 Å². The number of halogens is 2. The molecule has 1 atom stereocenters. The minimum absolute atomic E-state index is 0.148. The highest BCUT2D eigenvalue weighted by molar-refractivity contribution is 7.89. The third-order valence-electron chi connectivity index (χ3n) is 4.81. The Morgan fingerprint density at radius 1 is 1.11 bits per heavy atom. The summed E-state index contributed by atoms with van der Waals surface area (Å²) in [5.74, 6) is -0.255. The Hall–Kier alpha value is -1.60. The molecule has 0 aliphatic carbocycles. The first-order chi connectivity index (χ1) is 13.4. The van der Waals surface area contributed by atoms with E-state index >= 15 is 0 Å². The molecule has 150 valence electrons. The summed E-state index contributed by atoms with van der Waals surface area (Å²) in [6.07, 6.45) is 2.65. The highest BCUT2D eigenvalue weighted by Crippen LogP contribution is 2.27. The van der Waals surface area contributed by atoms with Crippen molar-refractivity contribution in [1.29, 1.82) is 0 Å². The molecule has 1 unspecified atom stereocenters. The van der Waals surface area contributed by atoms with Gasteiger partial charge in [0.15, 0.2) is 0 Å². The van der Waals surface area contributed by atoms with Crippen LogP contribution in [0, 0.1) is 0 Å². The van der Waals surface area contributed by atoms with Gasteiger partial charge < -0.3 is 5.32 Å². The second-order valence-corrected chi connectivity index (χ2v) is 9.45. The van der Waals surface area contributed by atoms with E-state index in [0.29, 0.717) is 36.0 Å².